The van der Waals surface area contributed by atoms with Crippen LogP contribution in [0.3, 0.4) is 0 Å². The number of nitrogens with one attached hydrogen (secondary N) is 2. The van der Waals surface area contributed by atoms with Gasteiger partial charge in [-0.25, -0.2) is 0 Å². The van der Waals surface area contributed by atoms with Gasteiger partial charge in [-0.2, -0.15) is 0 Å². The van der Waals surface area contributed by atoms with Gasteiger partial charge in [0.05, 0.1) is 17.4 Å². The van der Waals surface area contributed by atoms with Crippen molar-refractivity contribution in [3.63, 3.8) is 0 Å². The van der Waals surface area contributed by atoms with Gasteiger partial charge in [0.15, 0.2) is 6.10 Å². The van der Waals surface area contributed by atoms with Crippen LogP contribution in [-0.4, -0.2) is 37.2 Å². The number of carbonyl (C=O) groups is 2. The van der Waals surface area contributed by atoms with E-state index in [2.05, 4.69) is 24.5 Å². The van der Waals surface area contributed by atoms with Crippen LogP contribution in [-0.2, 0) is 9.53 Å². The normalized spacial score (nSPS) is 16.9. The molecule has 0 aliphatic carbocycles. The summed E-state index contributed by atoms with van der Waals surface area (Å²) in [5, 5.41) is 5.70. The lowest BCUT2D eigenvalue weighted by Crippen LogP contribution is -2.34. The quantitative estimate of drug-likeness (QED) is 0.686. The standard InChI is InChI=1S/C24H30N2O4/c1-16(2)18-10-12-19(13-11-18)30-17(3)23(27)26-22-9-5-4-8-21(22)24(28)25-15-20-7-6-14-29-20/h4-5,8-13,16-17,20H,6-7,14-15H2,1-3H3,(H,25,28)(H,26,27)/t17-,20+/m0/s1. The SMILES string of the molecule is CC(C)c1ccc(O[C@@H](C)C(=O)Nc2ccccc2C(=O)NC[C@H]2CCCO2)cc1. The summed E-state index contributed by atoms with van der Waals surface area (Å²) in [5.74, 6) is 0.508. The van der Waals surface area contributed by atoms with Gasteiger partial charge in [-0.3, -0.25) is 9.59 Å². The van der Waals surface area contributed by atoms with Crippen molar-refractivity contribution in [1.29, 1.82) is 0 Å². The summed E-state index contributed by atoms with van der Waals surface area (Å²) in [5.41, 5.74) is 2.08. The summed E-state index contributed by atoms with van der Waals surface area (Å²) >= 11 is 0. The summed E-state index contributed by atoms with van der Waals surface area (Å²) < 4.78 is 11.3. The molecule has 1 fully saturated rings. The average Bonchev–Trinajstić information content (AvgIpc) is 3.26. The molecule has 2 aromatic carbocycles. The monoisotopic (exact) mass is 410 g/mol. The number of hydrogen-bond donors (Lipinski definition) is 2. The first kappa shape index (κ1) is 21.8. The molecule has 0 unspecified atom stereocenters. The van der Waals surface area contributed by atoms with Crippen molar-refractivity contribution in [2.45, 2.75) is 51.7 Å². The first-order valence-electron chi connectivity index (χ1n) is 10.5. The molecule has 2 atom stereocenters. The minimum Gasteiger partial charge on any atom is -0.481 e. The lowest BCUT2D eigenvalue weighted by atomic mass is 10.0. The van der Waals surface area contributed by atoms with Gasteiger partial charge < -0.3 is 20.1 Å². The fraction of sp³-hybridized carbons (Fsp3) is 0.417. The lowest BCUT2D eigenvalue weighted by Gasteiger charge is -2.17. The molecule has 0 saturated carbocycles. The number of ether oxygens (including phenoxy) is 2. The Kier molecular flexibility index (Phi) is 7.46. The maximum Gasteiger partial charge on any atom is 0.265 e. The van der Waals surface area contributed by atoms with E-state index in [1.165, 1.54) is 5.56 Å². The maximum absolute atomic E-state index is 12.6. The highest BCUT2D eigenvalue weighted by molar-refractivity contribution is 6.04. The van der Waals surface area contributed by atoms with E-state index in [0.29, 0.717) is 29.5 Å². The summed E-state index contributed by atoms with van der Waals surface area (Å²) in [7, 11) is 0. The zero-order valence-electron chi connectivity index (χ0n) is 17.8. The van der Waals surface area contributed by atoms with Crippen molar-refractivity contribution in [2.24, 2.45) is 0 Å². The highest BCUT2D eigenvalue weighted by Gasteiger charge is 2.20. The lowest BCUT2D eigenvalue weighted by molar-refractivity contribution is -0.122. The largest absolute Gasteiger partial charge is 0.481 e. The minimum atomic E-state index is -0.710. The Hall–Kier alpha value is -2.86. The molecule has 1 saturated heterocycles. The second-order valence-electron chi connectivity index (χ2n) is 7.86. The Morgan fingerprint density at radius 3 is 2.50 bits per heavy atom. The highest BCUT2D eigenvalue weighted by atomic mass is 16.5. The molecule has 1 aliphatic heterocycles. The van der Waals surface area contributed by atoms with Gasteiger partial charge in [0.25, 0.3) is 11.8 Å². The Labute approximate surface area is 178 Å². The molecular formula is C24H30N2O4. The number of anilines is 1. The van der Waals surface area contributed by atoms with Gasteiger partial charge in [-0.05, 0) is 55.5 Å². The number of amides is 2. The Morgan fingerprint density at radius 2 is 1.83 bits per heavy atom. The third-order valence-electron chi connectivity index (χ3n) is 5.17. The number of rotatable bonds is 8. The van der Waals surface area contributed by atoms with Crippen molar-refractivity contribution >= 4 is 17.5 Å². The molecule has 3 rings (SSSR count). The van der Waals surface area contributed by atoms with Gasteiger partial charge in [-0.15, -0.1) is 0 Å². The fourth-order valence-corrected chi connectivity index (χ4v) is 3.32. The molecular weight excluding hydrogens is 380 g/mol. The van der Waals surface area contributed by atoms with E-state index in [-0.39, 0.29) is 17.9 Å². The molecule has 6 nitrogen and oxygen atoms in total. The Balaban J connectivity index is 1.59. The molecule has 0 radical (unpaired) electrons. The average molecular weight is 411 g/mol. The van der Waals surface area contributed by atoms with Crippen LogP contribution in [0.2, 0.25) is 0 Å². The van der Waals surface area contributed by atoms with E-state index in [0.717, 1.165) is 19.4 Å². The predicted molar refractivity (Wildman–Crippen MR) is 117 cm³/mol. The molecule has 0 aromatic heterocycles. The van der Waals surface area contributed by atoms with Crippen molar-refractivity contribution in [3.8, 4) is 5.75 Å². The van der Waals surface area contributed by atoms with Crippen LogP contribution < -0.4 is 15.4 Å². The molecule has 2 aromatic rings. The number of benzene rings is 2. The first-order chi connectivity index (χ1) is 14.4. The second-order valence-corrected chi connectivity index (χ2v) is 7.86. The molecule has 6 heteroatoms. The van der Waals surface area contributed by atoms with Crippen LogP contribution in [0.15, 0.2) is 48.5 Å². The van der Waals surface area contributed by atoms with Gasteiger partial charge in [0.1, 0.15) is 5.75 Å². The van der Waals surface area contributed by atoms with E-state index < -0.39 is 6.10 Å². The topological polar surface area (TPSA) is 76.7 Å². The van der Waals surface area contributed by atoms with Crippen LogP contribution >= 0.6 is 0 Å². The zero-order chi connectivity index (χ0) is 21.5. The highest BCUT2D eigenvalue weighted by Crippen LogP contribution is 2.21. The first-order valence-corrected chi connectivity index (χ1v) is 10.5. The van der Waals surface area contributed by atoms with Gasteiger partial charge in [0, 0.05) is 13.2 Å². The fourth-order valence-electron chi connectivity index (χ4n) is 3.32. The van der Waals surface area contributed by atoms with E-state index in [4.69, 9.17) is 9.47 Å². The number of carbonyl (C=O) groups excluding carboxylic acids is 2. The van der Waals surface area contributed by atoms with Crippen LogP contribution in [0.4, 0.5) is 5.69 Å². The van der Waals surface area contributed by atoms with Crippen LogP contribution in [0, 0.1) is 0 Å². The Morgan fingerprint density at radius 1 is 1.10 bits per heavy atom. The van der Waals surface area contributed by atoms with Crippen LogP contribution in [0.5, 0.6) is 5.75 Å². The summed E-state index contributed by atoms with van der Waals surface area (Å²) in [6.07, 6.45) is 1.32. The van der Waals surface area contributed by atoms with E-state index in [1.807, 2.05) is 24.3 Å². The smallest absolute Gasteiger partial charge is 0.265 e. The molecule has 2 N–H and O–H groups in total. The molecule has 1 heterocycles. The van der Waals surface area contributed by atoms with E-state index in [1.54, 1.807) is 31.2 Å². The van der Waals surface area contributed by atoms with Crippen molar-refractivity contribution in [1.82, 2.24) is 5.32 Å². The van der Waals surface area contributed by atoms with Crippen molar-refractivity contribution < 1.29 is 19.1 Å². The third-order valence-corrected chi connectivity index (χ3v) is 5.17. The molecule has 30 heavy (non-hydrogen) atoms. The van der Waals surface area contributed by atoms with E-state index >= 15 is 0 Å². The van der Waals surface area contributed by atoms with Crippen LogP contribution in [0.1, 0.15) is 55.5 Å². The van der Waals surface area contributed by atoms with E-state index in [9.17, 15) is 9.59 Å². The predicted octanol–water partition coefficient (Wildman–Crippen LogP) is 4.12. The third kappa shape index (κ3) is 5.83. The van der Waals surface area contributed by atoms with Crippen LogP contribution in [0.25, 0.3) is 0 Å². The summed E-state index contributed by atoms with van der Waals surface area (Å²) in [6, 6.07) is 14.7. The summed E-state index contributed by atoms with van der Waals surface area (Å²) in [6.45, 7) is 7.14. The van der Waals surface area contributed by atoms with Gasteiger partial charge in [0.2, 0.25) is 0 Å². The minimum absolute atomic E-state index is 0.0613. The Bertz CT molecular complexity index is 858. The molecule has 2 amide bonds. The number of para-hydroxylation sites is 1. The summed E-state index contributed by atoms with van der Waals surface area (Å²) in [4.78, 5) is 25.2. The molecule has 0 bridgehead atoms. The maximum atomic E-state index is 12.6. The second kappa shape index (κ2) is 10.3. The van der Waals surface area contributed by atoms with Gasteiger partial charge in [-0.1, -0.05) is 38.1 Å². The molecule has 160 valence electrons. The molecule has 1 aliphatic rings. The molecule has 0 spiro atoms. The van der Waals surface area contributed by atoms with Gasteiger partial charge >= 0.3 is 0 Å². The number of hydrogen-bond acceptors (Lipinski definition) is 4. The van der Waals surface area contributed by atoms with Crippen molar-refractivity contribution in [3.05, 3.63) is 59.7 Å². The van der Waals surface area contributed by atoms with Crippen molar-refractivity contribution in [2.75, 3.05) is 18.5 Å². The zero-order valence-corrected chi connectivity index (χ0v) is 17.8.